The van der Waals surface area contributed by atoms with Gasteiger partial charge in [0.1, 0.15) is 0 Å². The summed E-state index contributed by atoms with van der Waals surface area (Å²) in [5.41, 5.74) is 9.81. The minimum Gasteiger partial charge on any atom is -0.329 e. The molecule has 0 unspecified atom stereocenters. The predicted molar refractivity (Wildman–Crippen MR) is 38.0 cm³/mol. The second-order valence-corrected chi connectivity index (χ2v) is 0.577. The van der Waals surface area contributed by atoms with Crippen LogP contribution in [0, 0.1) is 0 Å². The van der Waals surface area contributed by atoms with E-state index >= 15 is 0 Å². The molecule has 2 nitrogen and oxygen atoms in total. The Kier molecular flexibility index (Phi) is 54.5. The summed E-state index contributed by atoms with van der Waals surface area (Å²) in [6.07, 6.45) is 0. The Hall–Kier alpha value is 0.0499. The van der Waals surface area contributed by atoms with Crippen LogP contribution in [-0.4, -0.2) is 29.9 Å². The van der Waals surface area contributed by atoms with E-state index in [-0.39, 0.29) is 16.8 Å². The van der Waals surface area contributed by atoms with Crippen molar-refractivity contribution in [1.29, 1.82) is 0 Å². The van der Waals surface area contributed by atoms with E-state index in [0.717, 1.165) is 0 Å². The third-order valence-electron chi connectivity index (χ3n) is 0.167. The largest absolute Gasteiger partial charge is 0.329 e. The van der Waals surface area contributed by atoms with Crippen molar-refractivity contribution in [3.63, 3.8) is 0 Å². The molecule has 0 aliphatic rings. The predicted octanol–water partition coefficient (Wildman–Crippen LogP) is -3.46. The van der Waals surface area contributed by atoms with Crippen LogP contribution in [0.5, 0.6) is 0 Å². The summed E-state index contributed by atoms with van der Waals surface area (Å²) in [5, 5.41) is 0. The van der Waals surface area contributed by atoms with Gasteiger partial charge in [-0.05, 0) is 0 Å². The molecular weight excluding hydrogens is 73.7 g/mol. The molecule has 0 bridgehead atoms. The van der Waals surface area contributed by atoms with Crippen molar-refractivity contribution in [2.45, 2.75) is 0 Å². The van der Waals surface area contributed by atoms with Gasteiger partial charge in [0.2, 0.25) is 0 Å². The van der Waals surface area contributed by atoms with E-state index in [1.165, 1.54) is 0 Å². The first-order valence-corrected chi connectivity index (χ1v) is 1.32. The van der Waals surface area contributed by atoms with Gasteiger partial charge in [-0.2, -0.15) is 0 Å². The van der Waals surface area contributed by atoms with Gasteiger partial charge in [-0.3, -0.25) is 0 Å². The highest BCUT2D eigenvalue weighted by Crippen LogP contribution is 1.24. The van der Waals surface area contributed by atoms with Crippen molar-refractivity contribution in [3.8, 4) is 0 Å². The minimum absolute atomic E-state index is 0. The van der Waals surface area contributed by atoms with Gasteiger partial charge in [-0.1, -0.05) is 0 Å². The summed E-state index contributed by atoms with van der Waals surface area (Å²) >= 11 is 0. The van der Waals surface area contributed by atoms with Crippen LogP contribution in [0.2, 0.25) is 0 Å². The first-order valence-electron chi connectivity index (χ1n) is 1.32. The van der Waals surface area contributed by atoms with E-state index in [1.54, 1.807) is 0 Å². The normalized spacial score (nSPS) is 5.00. The summed E-state index contributed by atoms with van der Waals surface area (Å²) in [7, 11) is 0. The molecule has 0 aromatic rings. The summed E-state index contributed by atoms with van der Waals surface area (Å²) in [5.74, 6) is 0. The van der Waals surface area contributed by atoms with Crippen LogP contribution in [-0.2, 0) is 0 Å². The van der Waals surface area contributed by atoms with Crippen LogP contribution in [0.1, 0.15) is 0 Å². The lowest BCUT2D eigenvalue weighted by Crippen LogP contribution is -2.11. The maximum atomic E-state index is 4.90. The van der Waals surface area contributed by atoms with Crippen LogP contribution < -0.4 is 11.5 Å². The first kappa shape index (κ1) is 16.6. The molecule has 0 aliphatic carbocycles. The lowest BCUT2D eigenvalue weighted by atomic mass is 10.7. The van der Waals surface area contributed by atoms with Crippen LogP contribution >= 0.6 is 0 Å². The molecule has 0 spiro atoms. The standard InChI is InChI=1S/C2H8N2.2BH3/c3-1-2-4;;/h1-4H2;2*1H3. The lowest BCUT2D eigenvalue weighted by molar-refractivity contribution is 0.976. The number of rotatable bonds is 1. The molecule has 0 fully saturated rings. The Morgan fingerprint density at radius 1 is 0.833 bits per heavy atom. The van der Waals surface area contributed by atoms with E-state index in [2.05, 4.69) is 0 Å². The average molecular weight is 87.8 g/mol. The molecule has 0 rings (SSSR count). The Labute approximate surface area is 42.4 Å². The Bertz CT molecular complexity index is 11.5. The van der Waals surface area contributed by atoms with Crippen molar-refractivity contribution >= 4 is 16.8 Å². The van der Waals surface area contributed by atoms with Gasteiger partial charge < -0.3 is 11.5 Å². The van der Waals surface area contributed by atoms with Crippen molar-refractivity contribution in [2.75, 3.05) is 13.1 Å². The topological polar surface area (TPSA) is 52.0 Å². The molecule has 4 N–H and O–H groups in total. The average Bonchev–Trinajstić information content (AvgIpc) is 1.37. The fourth-order valence-electron chi connectivity index (χ4n) is 0. The molecule has 0 heterocycles. The van der Waals surface area contributed by atoms with Crippen LogP contribution in [0.3, 0.4) is 0 Å². The summed E-state index contributed by atoms with van der Waals surface area (Å²) < 4.78 is 0. The van der Waals surface area contributed by atoms with E-state index in [1.807, 2.05) is 0 Å². The Morgan fingerprint density at radius 2 is 1.00 bits per heavy atom. The zero-order valence-electron chi connectivity index (χ0n) is 2.57. The van der Waals surface area contributed by atoms with Crippen molar-refractivity contribution in [3.05, 3.63) is 0 Å². The fraction of sp³-hybridized carbons (Fsp3) is 1.00. The smallest absolute Gasteiger partial charge is 0.0814 e. The summed E-state index contributed by atoms with van der Waals surface area (Å²) in [6, 6.07) is 0. The molecule has 0 aliphatic heterocycles. The van der Waals surface area contributed by atoms with Gasteiger partial charge in [-0.15, -0.1) is 0 Å². The minimum atomic E-state index is 0. The van der Waals surface area contributed by atoms with E-state index < -0.39 is 0 Å². The fourth-order valence-corrected chi connectivity index (χ4v) is 0. The molecule has 4 heteroatoms. The molecule has 0 saturated carbocycles. The molecule has 0 atom stereocenters. The Balaban J connectivity index is -0.0000000450. The number of nitrogens with two attached hydrogens (primary N) is 2. The summed E-state index contributed by atoms with van der Waals surface area (Å²) in [4.78, 5) is 0. The second kappa shape index (κ2) is 19.7. The van der Waals surface area contributed by atoms with Crippen molar-refractivity contribution in [1.82, 2.24) is 0 Å². The highest BCUT2D eigenvalue weighted by Gasteiger charge is 1.54. The van der Waals surface area contributed by atoms with E-state index in [4.69, 9.17) is 11.5 Å². The maximum absolute atomic E-state index is 4.90. The van der Waals surface area contributed by atoms with Crippen LogP contribution in [0.25, 0.3) is 0 Å². The second-order valence-electron chi connectivity index (χ2n) is 0.577. The zero-order chi connectivity index (χ0) is 3.41. The van der Waals surface area contributed by atoms with Crippen LogP contribution in [0.15, 0.2) is 0 Å². The molecule has 0 amide bonds. The Morgan fingerprint density at radius 3 is 1.00 bits per heavy atom. The number of hydrogen-bond acceptors (Lipinski definition) is 2. The molecule has 0 aromatic carbocycles. The van der Waals surface area contributed by atoms with E-state index in [0.29, 0.717) is 13.1 Å². The quantitative estimate of drug-likeness (QED) is 0.327. The van der Waals surface area contributed by atoms with Gasteiger partial charge >= 0.3 is 0 Å². The van der Waals surface area contributed by atoms with Crippen LogP contribution in [0.4, 0.5) is 0 Å². The molecule has 0 aromatic heterocycles. The van der Waals surface area contributed by atoms with Crippen molar-refractivity contribution in [2.24, 2.45) is 11.5 Å². The molecule has 6 heavy (non-hydrogen) atoms. The van der Waals surface area contributed by atoms with Gasteiger partial charge in [-0.25, -0.2) is 0 Å². The highest BCUT2D eigenvalue weighted by molar-refractivity contribution is 5.76. The SMILES string of the molecule is B.B.NCCN. The third kappa shape index (κ3) is 34.2. The monoisotopic (exact) mass is 88.1 g/mol. The van der Waals surface area contributed by atoms with Gasteiger partial charge in [0.05, 0.1) is 16.8 Å². The van der Waals surface area contributed by atoms with E-state index in [9.17, 15) is 0 Å². The van der Waals surface area contributed by atoms with Gasteiger partial charge in [0.25, 0.3) is 0 Å². The number of hydrogen-bond donors (Lipinski definition) is 2. The summed E-state index contributed by atoms with van der Waals surface area (Å²) in [6.45, 7) is 1.19. The van der Waals surface area contributed by atoms with Gasteiger partial charge in [0.15, 0.2) is 0 Å². The van der Waals surface area contributed by atoms with Crippen molar-refractivity contribution < 1.29 is 0 Å². The molecule has 0 saturated heterocycles. The lowest BCUT2D eigenvalue weighted by Gasteiger charge is -1.72. The van der Waals surface area contributed by atoms with Gasteiger partial charge in [0, 0.05) is 13.1 Å². The maximum Gasteiger partial charge on any atom is 0.0814 e. The molecule has 0 radical (unpaired) electrons. The highest BCUT2D eigenvalue weighted by atomic mass is 14.6. The zero-order valence-corrected chi connectivity index (χ0v) is 2.57. The molecule has 38 valence electrons. The molecular formula is C2H14B2N2. The third-order valence-corrected chi connectivity index (χ3v) is 0.167. The first-order chi connectivity index (χ1) is 1.91.